The number of likely N-dealkylation sites (tertiary alicyclic amines) is 2. The average molecular weight is 1240 g/mol. The molecule has 6 amide bonds. The molecule has 0 saturated carbocycles. The van der Waals surface area contributed by atoms with Gasteiger partial charge < -0.3 is 55.7 Å². The first kappa shape index (κ1) is 62.5. The summed E-state index contributed by atoms with van der Waals surface area (Å²) in [6, 6.07) is 33.2. The van der Waals surface area contributed by atoms with E-state index in [0.29, 0.717) is 104 Å². The van der Waals surface area contributed by atoms with Crippen molar-refractivity contribution in [3.63, 3.8) is 0 Å². The van der Waals surface area contributed by atoms with Crippen LogP contribution in [-0.4, -0.2) is 134 Å². The summed E-state index contributed by atoms with van der Waals surface area (Å²) in [6.07, 6.45) is 8.06. The number of hydrogen-bond donors (Lipinski definition) is 6. The Bertz CT molecular complexity index is 3830. The van der Waals surface area contributed by atoms with Gasteiger partial charge in [-0.2, -0.15) is 0 Å². The Kier molecular flexibility index (Phi) is 20.6. The molecule has 6 atom stereocenters. The predicted molar refractivity (Wildman–Crippen MR) is 342 cm³/mol. The second-order valence-electron chi connectivity index (χ2n) is 21.4. The minimum Gasteiger partial charge on any atom is -0.481 e. The molecule has 458 valence electrons. The molecule has 4 aromatic carbocycles. The maximum Gasteiger partial charge on any atom is 0.250 e. The molecule has 8 aromatic rings. The van der Waals surface area contributed by atoms with Crippen molar-refractivity contribution >= 4 is 68.1 Å². The summed E-state index contributed by atoms with van der Waals surface area (Å²) in [7, 11) is 5.19. The van der Waals surface area contributed by atoms with Gasteiger partial charge in [-0.15, -0.1) is 0 Å². The Morgan fingerprint density at radius 2 is 1.04 bits per heavy atom. The molecule has 4 aromatic heterocycles. The van der Waals surface area contributed by atoms with E-state index in [-0.39, 0.29) is 25.0 Å². The van der Waals surface area contributed by atoms with Crippen LogP contribution < -0.4 is 41.4 Å². The number of carbonyl (C=O) groups is 6. The van der Waals surface area contributed by atoms with Crippen LogP contribution in [0.15, 0.2) is 146 Å². The second kappa shape index (κ2) is 29.4. The molecule has 2 aliphatic heterocycles. The van der Waals surface area contributed by atoms with Crippen molar-refractivity contribution in [3.05, 3.63) is 157 Å². The molecular formula is C66H69N13O8S2. The number of anilines is 2. The molecule has 0 bridgehead atoms. The maximum absolute atomic E-state index is 14.8. The quantitative estimate of drug-likeness (QED) is 0.0351. The number of pyridine rings is 1. The number of benzene rings is 4. The van der Waals surface area contributed by atoms with E-state index in [9.17, 15) is 28.8 Å². The number of rotatable bonds is 22. The number of piperidine rings is 1. The molecular weight excluding hydrogens is 1170 g/mol. The van der Waals surface area contributed by atoms with Crippen molar-refractivity contribution in [2.75, 3.05) is 51.0 Å². The van der Waals surface area contributed by atoms with Crippen molar-refractivity contribution in [1.82, 2.24) is 55.6 Å². The summed E-state index contributed by atoms with van der Waals surface area (Å²) in [4.78, 5) is 107. The van der Waals surface area contributed by atoms with Crippen molar-refractivity contribution in [1.29, 1.82) is 0 Å². The van der Waals surface area contributed by atoms with E-state index in [2.05, 4.69) is 53.7 Å². The molecule has 89 heavy (non-hydrogen) atoms. The monoisotopic (exact) mass is 1240 g/mol. The number of carbonyl (C=O) groups excluding carboxylic acids is 6. The van der Waals surface area contributed by atoms with Gasteiger partial charge in [-0.3, -0.25) is 33.8 Å². The summed E-state index contributed by atoms with van der Waals surface area (Å²) in [5, 5.41) is 20.3. The van der Waals surface area contributed by atoms with Crippen LogP contribution in [0.4, 0.5) is 10.0 Å². The highest BCUT2D eigenvalue weighted by Crippen LogP contribution is 2.40. The Balaban J connectivity index is 0.766. The molecule has 6 heterocycles. The van der Waals surface area contributed by atoms with Crippen molar-refractivity contribution in [3.8, 4) is 67.4 Å². The summed E-state index contributed by atoms with van der Waals surface area (Å²) in [5.74, 6) is 5.14. The SMILES string of the molecule is CN[C@@H](C)C(=O)N[C@H](C(=O)N1CCCC[C@H]1C(=O)Nc1sc(-c2ccccn2)nc1-c1ccccc1)c1ccc(OCC#CCOc2ccc([C@H](NC(=O)[C@H](C)NC)C(=O)N3CCC[C@H]3C(=O)Nc3sc(-c4nccn4C)nc3-c3ccccc3)cc2)cc1. The van der Waals surface area contributed by atoms with Crippen LogP contribution in [0.25, 0.3) is 44.0 Å². The number of ether oxygens (including phenoxy) is 2. The molecule has 0 radical (unpaired) electrons. The first-order valence-corrected chi connectivity index (χ1v) is 31.0. The van der Waals surface area contributed by atoms with Crippen LogP contribution in [0, 0.1) is 11.8 Å². The van der Waals surface area contributed by atoms with Gasteiger partial charge in [0.15, 0.2) is 10.8 Å². The van der Waals surface area contributed by atoms with Crippen LogP contribution in [0.5, 0.6) is 11.5 Å². The number of nitrogens with one attached hydrogen (secondary N) is 6. The van der Waals surface area contributed by atoms with Gasteiger partial charge in [0.05, 0.1) is 17.8 Å². The van der Waals surface area contributed by atoms with E-state index in [1.165, 1.54) is 27.6 Å². The molecule has 2 fully saturated rings. The fraction of sp³-hybridized carbons (Fsp3) is 0.303. The number of hydrogen-bond acceptors (Lipinski definition) is 16. The van der Waals surface area contributed by atoms with E-state index in [0.717, 1.165) is 17.5 Å². The highest BCUT2D eigenvalue weighted by atomic mass is 32.1. The van der Waals surface area contributed by atoms with Crippen LogP contribution in [0.1, 0.15) is 69.2 Å². The average Bonchev–Trinajstić information content (AvgIpc) is 4.35. The lowest BCUT2D eigenvalue weighted by Crippen LogP contribution is -2.54. The van der Waals surface area contributed by atoms with Gasteiger partial charge >= 0.3 is 0 Å². The Morgan fingerprint density at radius 3 is 1.52 bits per heavy atom. The highest BCUT2D eigenvalue weighted by Gasteiger charge is 2.41. The lowest BCUT2D eigenvalue weighted by molar-refractivity contribution is -0.143. The van der Waals surface area contributed by atoms with Gasteiger partial charge in [-0.25, -0.2) is 15.0 Å². The third-order valence-corrected chi connectivity index (χ3v) is 17.5. The fourth-order valence-corrected chi connectivity index (χ4v) is 12.4. The number of likely N-dealkylation sites (N-methyl/N-ethyl adjacent to an activating group) is 2. The van der Waals surface area contributed by atoms with Gasteiger partial charge in [0.1, 0.15) is 75.3 Å². The number of thiazole rings is 2. The van der Waals surface area contributed by atoms with Gasteiger partial charge in [0, 0.05) is 49.9 Å². The van der Waals surface area contributed by atoms with Gasteiger partial charge in [-0.1, -0.05) is 126 Å². The standard InChI is InChI=1S/C66H69N13O8S2/c1-41(67-3)57(80)71-54(65(84)78-36-15-13-24-50(78)59(82)75-62-52(43-19-8-6-9-20-43)73-61(88-62)49-23-12-14-34-69-49)45-26-30-47(31-27-45)86-39-16-17-40-87-48-32-28-46(29-33-48)55(72-58(81)42(2)68-4)66(85)79-37-18-25-51(79)60(83)76-63-53(44-21-10-7-11-22-44)74-64(89-63)56-70-35-38-77(56)5/h6-12,14,19-23,26-35,38,41-42,50-51,54-55,67-68H,13,15,18,24-25,36-37,39-40H2,1-5H3,(H,71,80)(H,72,81)(H,75,82)(H,76,83)/t41-,42-,50-,51-,54-,55-/m0/s1. The van der Waals surface area contributed by atoms with E-state index in [1.807, 2.05) is 96.7 Å². The first-order chi connectivity index (χ1) is 43.3. The summed E-state index contributed by atoms with van der Waals surface area (Å²) >= 11 is 2.62. The minimum absolute atomic E-state index is 0.00852. The van der Waals surface area contributed by atoms with Gasteiger partial charge in [0.25, 0.3) is 0 Å². The number of aromatic nitrogens is 5. The Labute approximate surface area is 524 Å². The molecule has 2 aliphatic rings. The van der Waals surface area contributed by atoms with Crippen LogP contribution in [-0.2, 0) is 35.8 Å². The van der Waals surface area contributed by atoms with Crippen molar-refractivity contribution in [2.45, 2.75) is 82.2 Å². The zero-order chi connectivity index (χ0) is 62.4. The van der Waals surface area contributed by atoms with Crippen molar-refractivity contribution < 1.29 is 38.2 Å². The number of amides is 6. The molecule has 21 nitrogen and oxygen atoms in total. The second-order valence-corrected chi connectivity index (χ2v) is 23.4. The summed E-state index contributed by atoms with van der Waals surface area (Å²) in [6.45, 7) is 4.04. The Morgan fingerprint density at radius 1 is 0.573 bits per heavy atom. The molecule has 0 aliphatic carbocycles. The molecule has 0 spiro atoms. The lowest BCUT2D eigenvalue weighted by Gasteiger charge is -2.37. The van der Waals surface area contributed by atoms with E-state index < -0.39 is 59.9 Å². The summed E-state index contributed by atoms with van der Waals surface area (Å²) in [5.41, 5.74) is 4.49. The fourth-order valence-electron chi connectivity index (χ4n) is 10.4. The number of aryl methyl sites for hydroxylation is 1. The smallest absolute Gasteiger partial charge is 0.250 e. The third-order valence-electron chi connectivity index (χ3n) is 15.5. The van der Waals surface area contributed by atoms with Gasteiger partial charge in [-0.05, 0) is 108 Å². The maximum atomic E-state index is 14.8. The van der Waals surface area contributed by atoms with Gasteiger partial charge in [0.2, 0.25) is 35.4 Å². The van der Waals surface area contributed by atoms with E-state index in [4.69, 9.17) is 19.4 Å². The third kappa shape index (κ3) is 15.0. The highest BCUT2D eigenvalue weighted by molar-refractivity contribution is 7.20. The predicted octanol–water partition coefficient (Wildman–Crippen LogP) is 8.04. The minimum atomic E-state index is -1.12. The normalized spacial score (nSPS) is 16.0. The first-order valence-electron chi connectivity index (χ1n) is 29.4. The van der Waals surface area contributed by atoms with Crippen LogP contribution >= 0.6 is 22.7 Å². The number of imidazole rings is 1. The molecule has 23 heteroatoms. The summed E-state index contributed by atoms with van der Waals surface area (Å²) < 4.78 is 13.8. The molecule has 6 N–H and O–H groups in total. The van der Waals surface area contributed by atoms with E-state index in [1.54, 1.807) is 93.8 Å². The zero-order valence-electron chi connectivity index (χ0n) is 49.9. The Hall–Kier alpha value is -9.60. The van der Waals surface area contributed by atoms with E-state index >= 15 is 0 Å². The molecule has 2 saturated heterocycles. The lowest BCUT2D eigenvalue weighted by atomic mass is 9.97. The van der Waals surface area contributed by atoms with Crippen LogP contribution in [0.3, 0.4) is 0 Å². The number of nitrogens with zero attached hydrogens (tertiary/aromatic N) is 7. The zero-order valence-corrected chi connectivity index (χ0v) is 51.5. The molecule has 0 unspecified atom stereocenters. The molecule has 10 rings (SSSR count). The van der Waals surface area contributed by atoms with Crippen molar-refractivity contribution in [2.24, 2.45) is 7.05 Å². The van der Waals surface area contributed by atoms with Crippen LogP contribution in [0.2, 0.25) is 0 Å². The topological polar surface area (TPSA) is 256 Å². The largest absolute Gasteiger partial charge is 0.481 e.